The predicted octanol–water partition coefficient (Wildman–Crippen LogP) is 4.92. The molecule has 0 atom stereocenters. The van der Waals surface area contributed by atoms with E-state index >= 15 is 0 Å². The van der Waals surface area contributed by atoms with Crippen LogP contribution in [0.4, 0.5) is 10.7 Å². The summed E-state index contributed by atoms with van der Waals surface area (Å²) in [6.07, 6.45) is 2.46. The summed E-state index contributed by atoms with van der Waals surface area (Å²) in [4.78, 5) is 26.9. The van der Waals surface area contributed by atoms with Gasteiger partial charge in [-0.3, -0.25) is 9.10 Å². The van der Waals surface area contributed by atoms with Gasteiger partial charge in [0.15, 0.2) is 11.5 Å². The number of thiophene rings is 1. The molecule has 3 aromatic rings. The lowest BCUT2D eigenvalue weighted by atomic mass is 10.1. The van der Waals surface area contributed by atoms with Gasteiger partial charge in [0.2, 0.25) is 5.91 Å². The second-order valence-corrected chi connectivity index (χ2v) is 11.7. The fourth-order valence-corrected chi connectivity index (χ4v) is 7.09. The summed E-state index contributed by atoms with van der Waals surface area (Å²) in [7, 11) is -1.39. The highest BCUT2D eigenvalue weighted by molar-refractivity contribution is 7.92. The highest BCUT2D eigenvalue weighted by atomic mass is 35.5. The van der Waals surface area contributed by atoms with Crippen molar-refractivity contribution in [1.82, 2.24) is 0 Å². The summed E-state index contributed by atoms with van der Waals surface area (Å²) in [5.74, 6) is -0.537. The molecule has 0 aliphatic heterocycles. The number of hydrogen-bond acceptors (Lipinski definition) is 8. The Morgan fingerprint density at radius 2 is 1.76 bits per heavy atom. The van der Waals surface area contributed by atoms with Gasteiger partial charge in [-0.1, -0.05) is 11.6 Å². The van der Waals surface area contributed by atoms with Gasteiger partial charge in [-0.15, -0.1) is 11.3 Å². The Bertz CT molecular complexity index is 1450. The Morgan fingerprint density at radius 3 is 2.42 bits per heavy atom. The van der Waals surface area contributed by atoms with Crippen LogP contribution < -0.4 is 19.1 Å². The molecule has 0 unspecified atom stereocenters. The van der Waals surface area contributed by atoms with E-state index in [9.17, 15) is 18.0 Å². The normalized spacial score (nSPS) is 12.5. The molecule has 38 heavy (non-hydrogen) atoms. The van der Waals surface area contributed by atoms with Gasteiger partial charge in [0.1, 0.15) is 11.5 Å². The van der Waals surface area contributed by atoms with Gasteiger partial charge in [-0.05, 0) is 68.1 Å². The summed E-state index contributed by atoms with van der Waals surface area (Å²) in [5.41, 5.74) is 1.47. The molecule has 4 rings (SSSR count). The monoisotopic (exact) mass is 578 g/mol. The number of carbonyl (C=O) groups is 2. The maximum atomic E-state index is 13.8. The second-order valence-electron chi connectivity index (χ2n) is 8.34. The van der Waals surface area contributed by atoms with E-state index in [-0.39, 0.29) is 22.9 Å². The van der Waals surface area contributed by atoms with Crippen molar-refractivity contribution in [2.45, 2.75) is 31.1 Å². The lowest BCUT2D eigenvalue weighted by Gasteiger charge is -2.24. The van der Waals surface area contributed by atoms with Crippen LogP contribution in [0.3, 0.4) is 0 Å². The minimum atomic E-state index is -4.24. The third-order valence-electron chi connectivity index (χ3n) is 6.00. The summed E-state index contributed by atoms with van der Waals surface area (Å²) < 4.78 is 44.3. The molecule has 0 fully saturated rings. The van der Waals surface area contributed by atoms with Gasteiger partial charge in [-0.2, -0.15) is 0 Å². The average molecular weight is 579 g/mol. The number of fused-ring (bicyclic) bond motifs is 1. The van der Waals surface area contributed by atoms with Gasteiger partial charge >= 0.3 is 5.97 Å². The van der Waals surface area contributed by atoms with E-state index in [0.717, 1.165) is 34.0 Å². The molecule has 0 bridgehead atoms. The Balaban J connectivity index is 1.68. The Hall–Kier alpha value is -3.28. The van der Waals surface area contributed by atoms with Gasteiger partial charge in [0, 0.05) is 16.0 Å². The molecule has 0 radical (unpaired) electrons. The van der Waals surface area contributed by atoms with E-state index in [0.29, 0.717) is 21.3 Å². The molecule has 1 aliphatic rings. The van der Waals surface area contributed by atoms with Crippen LogP contribution in [0.2, 0.25) is 5.02 Å². The zero-order chi connectivity index (χ0) is 27.4. The minimum Gasteiger partial charge on any atom is -0.493 e. The lowest BCUT2D eigenvalue weighted by Crippen LogP contribution is -2.38. The van der Waals surface area contributed by atoms with Crippen LogP contribution in [0.5, 0.6) is 11.5 Å². The van der Waals surface area contributed by atoms with Crippen LogP contribution >= 0.6 is 22.9 Å². The van der Waals surface area contributed by atoms with E-state index in [1.165, 1.54) is 68.0 Å². The molecule has 0 spiro atoms. The highest BCUT2D eigenvalue weighted by Crippen LogP contribution is 2.40. The summed E-state index contributed by atoms with van der Waals surface area (Å²) >= 11 is 7.34. The van der Waals surface area contributed by atoms with Crippen LogP contribution in [0.25, 0.3) is 0 Å². The Morgan fingerprint density at radius 1 is 1.05 bits per heavy atom. The van der Waals surface area contributed by atoms with E-state index in [1.54, 1.807) is 6.92 Å². The van der Waals surface area contributed by atoms with Crippen molar-refractivity contribution < 1.29 is 32.2 Å². The largest absolute Gasteiger partial charge is 0.493 e. The predicted molar refractivity (Wildman–Crippen MR) is 146 cm³/mol. The fourth-order valence-electron chi connectivity index (χ4n) is 4.23. The van der Waals surface area contributed by atoms with Crippen LogP contribution in [-0.2, 0) is 32.4 Å². The first-order chi connectivity index (χ1) is 18.2. The van der Waals surface area contributed by atoms with Gasteiger partial charge in [-0.25, -0.2) is 13.2 Å². The number of aryl methyl sites for hydroxylation is 1. The van der Waals surface area contributed by atoms with E-state index in [2.05, 4.69) is 5.32 Å². The van der Waals surface area contributed by atoms with Gasteiger partial charge in [0.25, 0.3) is 10.0 Å². The molecule has 1 aliphatic carbocycles. The number of ether oxygens (including phenoxy) is 3. The molecule has 1 amide bonds. The number of nitrogens with zero attached hydrogens (tertiary/aromatic N) is 1. The number of carbonyl (C=O) groups excluding carboxylic acids is 2. The van der Waals surface area contributed by atoms with Crippen molar-refractivity contribution in [2.75, 3.05) is 37.0 Å². The number of nitrogens with one attached hydrogen (secondary N) is 1. The molecule has 12 heteroatoms. The Kier molecular flexibility index (Phi) is 8.49. The number of esters is 1. The van der Waals surface area contributed by atoms with E-state index in [1.807, 2.05) is 0 Å². The molecule has 0 saturated heterocycles. The molecule has 2 aromatic carbocycles. The number of anilines is 2. The van der Waals surface area contributed by atoms with Crippen LogP contribution in [0, 0.1) is 0 Å². The Labute approximate surface area is 230 Å². The quantitative estimate of drug-likeness (QED) is 0.340. The molecule has 202 valence electrons. The smallest absolute Gasteiger partial charge is 0.341 e. The van der Waals surface area contributed by atoms with Crippen molar-refractivity contribution in [2.24, 2.45) is 0 Å². The average Bonchev–Trinajstić information content (AvgIpc) is 3.48. The maximum Gasteiger partial charge on any atom is 0.341 e. The van der Waals surface area contributed by atoms with E-state index in [4.69, 9.17) is 25.8 Å². The number of benzene rings is 2. The van der Waals surface area contributed by atoms with Crippen LogP contribution in [-0.4, -0.2) is 47.7 Å². The number of hydrogen-bond donors (Lipinski definition) is 1. The molecule has 0 saturated carbocycles. The second kappa shape index (κ2) is 11.6. The topological polar surface area (TPSA) is 111 Å². The lowest BCUT2D eigenvalue weighted by molar-refractivity contribution is -0.114. The molecular formula is C26H27ClN2O7S2. The maximum absolute atomic E-state index is 13.8. The first-order valence-electron chi connectivity index (χ1n) is 11.8. The summed E-state index contributed by atoms with van der Waals surface area (Å²) in [6, 6.07) is 10.3. The standard InChI is InChI=1S/C26H27ClN2O7S2/c1-4-36-26(31)24-19-6-5-7-22(19)37-25(24)28-23(30)15-29(17-10-8-16(27)9-11-17)38(32,33)18-12-13-20(34-2)21(14-18)35-3/h8-14H,4-7,15H2,1-3H3,(H,28,30). The van der Waals surface area contributed by atoms with Crippen molar-refractivity contribution in [3.63, 3.8) is 0 Å². The van der Waals surface area contributed by atoms with Crippen molar-refractivity contribution in [1.29, 1.82) is 0 Å². The first kappa shape index (κ1) is 27.7. The zero-order valence-corrected chi connectivity index (χ0v) is 23.5. The summed E-state index contributed by atoms with van der Waals surface area (Å²) in [6.45, 7) is 1.36. The zero-order valence-electron chi connectivity index (χ0n) is 21.1. The number of methoxy groups -OCH3 is 2. The number of halogens is 1. The molecule has 1 aromatic heterocycles. The molecule has 1 heterocycles. The highest BCUT2D eigenvalue weighted by Gasteiger charge is 2.31. The number of sulfonamides is 1. The van der Waals surface area contributed by atoms with Crippen molar-refractivity contribution >= 4 is 55.5 Å². The third-order valence-corrected chi connectivity index (χ3v) is 9.23. The van der Waals surface area contributed by atoms with Gasteiger partial charge in [0.05, 0.1) is 37.0 Å². The van der Waals surface area contributed by atoms with Crippen LogP contribution in [0.1, 0.15) is 34.1 Å². The minimum absolute atomic E-state index is 0.0970. The number of amides is 1. The van der Waals surface area contributed by atoms with Gasteiger partial charge < -0.3 is 19.5 Å². The van der Waals surface area contributed by atoms with Crippen molar-refractivity contribution in [3.05, 3.63) is 63.5 Å². The fraction of sp³-hybridized carbons (Fsp3) is 0.308. The van der Waals surface area contributed by atoms with Crippen LogP contribution in [0.15, 0.2) is 47.4 Å². The summed E-state index contributed by atoms with van der Waals surface area (Å²) in [5, 5.41) is 3.53. The SMILES string of the molecule is CCOC(=O)c1c(NC(=O)CN(c2ccc(Cl)cc2)S(=O)(=O)c2ccc(OC)c(OC)c2)sc2c1CCC2. The first-order valence-corrected chi connectivity index (χ1v) is 14.4. The number of rotatable bonds is 10. The molecule has 1 N–H and O–H groups in total. The molecule has 9 nitrogen and oxygen atoms in total. The third kappa shape index (κ3) is 5.59. The molecular weight excluding hydrogens is 552 g/mol. The van der Waals surface area contributed by atoms with E-state index < -0.39 is 28.4 Å². The van der Waals surface area contributed by atoms with Crippen molar-refractivity contribution in [3.8, 4) is 11.5 Å².